The third-order valence-corrected chi connectivity index (χ3v) is 7.16. The van der Waals surface area contributed by atoms with Gasteiger partial charge in [-0.3, -0.25) is 4.90 Å². The lowest BCUT2D eigenvalue weighted by Crippen LogP contribution is -2.49. The van der Waals surface area contributed by atoms with E-state index in [0.29, 0.717) is 18.0 Å². The number of pyridine rings is 1. The van der Waals surface area contributed by atoms with Gasteiger partial charge in [0.05, 0.1) is 12.7 Å². The molecule has 0 radical (unpaired) electrons. The fourth-order valence-corrected chi connectivity index (χ4v) is 5.77. The molecule has 0 unspecified atom stereocenters. The van der Waals surface area contributed by atoms with E-state index in [1.807, 2.05) is 36.5 Å². The van der Waals surface area contributed by atoms with Crippen LogP contribution in [0.4, 0.5) is 0 Å². The maximum atomic E-state index is 11.7. The van der Waals surface area contributed by atoms with E-state index in [9.17, 15) is 5.11 Å². The monoisotopic (exact) mass is 405 g/mol. The number of aromatic nitrogens is 2. The van der Waals surface area contributed by atoms with Crippen LogP contribution in [-0.2, 0) is 12.1 Å². The van der Waals surface area contributed by atoms with Crippen LogP contribution in [0.2, 0.25) is 0 Å². The van der Waals surface area contributed by atoms with Gasteiger partial charge >= 0.3 is 0 Å². The van der Waals surface area contributed by atoms with Crippen LogP contribution in [0.15, 0.2) is 42.6 Å². The van der Waals surface area contributed by atoms with Gasteiger partial charge < -0.3 is 14.8 Å². The van der Waals surface area contributed by atoms with Crippen LogP contribution in [-0.4, -0.2) is 39.2 Å². The first kappa shape index (κ1) is 19.6. The van der Waals surface area contributed by atoms with Gasteiger partial charge in [-0.2, -0.15) is 0 Å². The number of H-pyrrole nitrogens is 1. The average molecular weight is 406 g/mol. The molecule has 4 heterocycles. The number of nitrogens with one attached hydrogen (secondary N) is 1. The lowest BCUT2D eigenvalue weighted by Gasteiger charge is -2.44. The maximum Gasteiger partial charge on any atom is 0.137 e. The summed E-state index contributed by atoms with van der Waals surface area (Å²) < 4.78 is 5.57. The van der Waals surface area contributed by atoms with Crippen LogP contribution in [0, 0.1) is 0 Å². The molecule has 2 saturated heterocycles. The first-order chi connectivity index (χ1) is 14.5. The Kier molecular flexibility index (Phi) is 4.83. The first-order valence-corrected chi connectivity index (χ1v) is 11.1. The molecular formula is C25H31N3O2. The molecule has 0 aliphatic carbocycles. The van der Waals surface area contributed by atoms with E-state index in [1.54, 1.807) is 7.11 Å². The van der Waals surface area contributed by atoms with Crippen molar-refractivity contribution in [3.63, 3.8) is 0 Å². The highest BCUT2D eigenvalue weighted by Gasteiger charge is 2.49. The summed E-state index contributed by atoms with van der Waals surface area (Å²) in [6.45, 7) is 5.38. The lowest BCUT2D eigenvalue weighted by molar-refractivity contribution is -0.0606. The van der Waals surface area contributed by atoms with Crippen molar-refractivity contribution in [2.75, 3.05) is 7.11 Å². The van der Waals surface area contributed by atoms with Crippen molar-refractivity contribution in [1.82, 2.24) is 14.9 Å². The number of hydrogen-bond donors (Lipinski definition) is 2. The molecule has 0 spiro atoms. The normalized spacial score (nSPS) is 26.6. The number of hydrogen-bond acceptors (Lipinski definition) is 4. The Hall–Kier alpha value is -2.37. The van der Waals surface area contributed by atoms with E-state index in [2.05, 4.69) is 34.8 Å². The number of fused-ring (bicyclic) bond motifs is 3. The number of nitrogens with zero attached hydrogens (tertiary/aromatic N) is 2. The molecule has 30 heavy (non-hydrogen) atoms. The number of piperidine rings is 1. The van der Waals surface area contributed by atoms with Gasteiger partial charge in [-0.25, -0.2) is 4.98 Å². The quantitative estimate of drug-likeness (QED) is 0.645. The van der Waals surface area contributed by atoms with Crippen LogP contribution < -0.4 is 4.74 Å². The van der Waals surface area contributed by atoms with Crippen molar-refractivity contribution in [2.45, 2.75) is 69.7 Å². The SMILES string of the molecule is COc1ccccc1C1(O)C[C@@H]2CC[C@@H](C1)N2Cc1c(C(C)C)[nH]c2ncccc12. The molecule has 2 atom stereocenters. The number of para-hydroxylation sites is 1. The maximum absolute atomic E-state index is 11.7. The number of methoxy groups -OCH3 is 1. The van der Waals surface area contributed by atoms with Crippen LogP contribution in [0.25, 0.3) is 11.0 Å². The Labute approximate surface area is 178 Å². The summed E-state index contributed by atoms with van der Waals surface area (Å²) in [4.78, 5) is 10.7. The molecule has 2 aromatic heterocycles. The molecule has 158 valence electrons. The van der Waals surface area contributed by atoms with Crippen molar-refractivity contribution in [1.29, 1.82) is 0 Å². The predicted octanol–water partition coefficient (Wildman–Crippen LogP) is 4.71. The third kappa shape index (κ3) is 3.12. The van der Waals surface area contributed by atoms with E-state index >= 15 is 0 Å². The standard InChI is InChI=1S/C25H31N3O2/c1-16(2)23-20(19-7-6-12-26-24(19)27-23)15-28-17-10-11-18(28)14-25(29,13-17)21-8-4-5-9-22(21)30-3/h4-9,12,16-18,29H,10-11,13-15H2,1-3H3,(H,26,27)/t17-,18-/m0/s1. The van der Waals surface area contributed by atoms with Gasteiger partial charge in [-0.15, -0.1) is 0 Å². The van der Waals surface area contributed by atoms with Crippen LogP contribution in [0.1, 0.15) is 62.3 Å². The molecule has 2 N–H and O–H groups in total. The first-order valence-electron chi connectivity index (χ1n) is 11.1. The fraction of sp³-hybridized carbons (Fsp3) is 0.480. The molecule has 0 amide bonds. The van der Waals surface area contributed by atoms with Crippen LogP contribution >= 0.6 is 0 Å². The Bertz CT molecular complexity index is 1040. The number of aromatic amines is 1. The zero-order chi connectivity index (χ0) is 20.9. The van der Waals surface area contributed by atoms with Crippen molar-refractivity contribution in [3.05, 3.63) is 59.4 Å². The van der Waals surface area contributed by atoms with Gasteiger partial charge in [-0.05, 0) is 55.4 Å². The van der Waals surface area contributed by atoms with E-state index < -0.39 is 5.60 Å². The lowest BCUT2D eigenvalue weighted by atomic mass is 9.80. The molecule has 0 saturated carbocycles. The van der Waals surface area contributed by atoms with Crippen LogP contribution in [0.3, 0.4) is 0 Å². The summed E-state index contributed by atoms with van der Waals surface area (Å²) in [6, 6.07) is 12.9. The Balaban J connectivity index is 1.46. The average Bonchev–Trinajstić information content (AvgIpc) is 3.24. The van der Waals surface area contributed by atoms with Crippen molar-refractivity contribution in [3.8, 4) is 5.75 Å². The summed E-state index contributed by atoms with van der Waals surface area (Å²) in [5.74, 6) is 1.21. The minimum absolute atomic E-state index is 0.375. The molecule has 1 aromatic carbocycles. The highest BCUT2D eigenvalue weighted by molar-refractivity contribution is 5.81. The second kappa shape index (κ2) is 7.40. The van der Waals surface area contributed by atoms with Crippen molar-refractivity contribution < 1.29 is 9.84 Å². The fourth-order valence-electron chi connectivity index (χ4n) is 5.77. The summed E-state index contributed by atoms with van der Waals surface area (Å²) in [7, 11) is 1.68. The van der Waals surface area contributed by atoms with E-state index in [0.717, 1.165) is 49.2 Å². The number of ether oxygens (including phenoxy) is 1. The van der Waals surface area contributed by atoms with Crippen LogP contribution in [0.5, 0.6) is 5.75 Å². The molecule has 5 nitrogen and oxygen atoms in total. The molecule has 2 aliphatic heterocycles. The van der Waals surface area contributed by atoms with Crippen molar-refractivity contribution >= 4 is 11.0 Å². The van der Waals surface area contributed by atoms with Gasteiger partial charge in [0.1, 0.15) is 11.4 Å². The van der Waals surface area contributed by atoms with Gasteiger partial charge in [0.2, 0.25) is 0 Å². The second-order valence-electron chi connectivity index (χ2n) is 9.27. The van der Waals surface area contributed by atoms with E-state index in [-0.39, 0.29) is 0 Å². The van der Waals surface area contributed by atoms with E-state index in [4.69, 9.17) is 4.74 Å². The van der Waals surface area contributed by atoms with Gasteiger partial charge in [0.15, 0.2) is 0 Å². The van der Waals surface area contributed by atoms with Gasteiger partial charge in [-0.1, -0.05) is 32.0 Å². The molecule has 2 fully saturated rings. The van der Waals surface area contributed by atoms with Gasteiger partial charge in [0, 0.05) is 41.5 Å². The highest BCUT2D eigenvalue weighted by Crippen LogP contribution is 2.48. The number of aliphatic hydroxyl groups is 1. The topological polar surface area (TPSA) is 61.4 Å². The molecule has 5 rings (SSSR count). The summed E-state index contributed by atoms with van der Waals surface area (Å²) >= 11 is 0. The number of benzene rings is 1. The zero-order valence-corrected chi connectivity index (χ0v) is 18.1. The van der Waals surface area contributed by atoms with Crippen molar-refractivity contribution in [2.24, 2.45) is 0 Å². The Morgan fingerprint density at radius 1 is 1.17 bits per heavy atom. The molecular weight excluding hydrogens is 374 g/mol. The highest BCUT2D eigenvalue weighted by atomic mass is 16.5. The molecule has 3 aromatic rings. The molecule has 2 bridgehead atoms. The number of rotatable bonds is 5. The zero-order valence-electron chi connectivity index (χ0n) is 18.1. The Morgan fingerprint density at radius 3 is 2.60 bits per heavy atom. The Morgan fingerprint density at radius 2 is 1.90 bits per heavy atom. The smallest absolute Gasteiger partial charge is 0.137 e. The summed E-state index contributed by atoms with van der Waals surface area (Å²) in [5, 5.41) is 12.9. The second-order valence-corrected chi connectivity index (χ2v) is 9.27. The van der Waals surface area contributed by atoms with E-state index in [1.165, 1.54) is 16.6 Å². The summed E-state index contributed by atoms with van der Waals surface area (Å²) in [5.41, 5.74) is 3.74. The predicted molar refractivity (Wildman–Crippen MR) is 119 cm³/mol. The minimum Gasteiger partial charge on any atom is -0.496 e. The molecule has 5 heteroatoms. The molecule has 2 aliphatic rings. The minimum atomic E-state index is -0.822. The van der Waals surface area contributed by atoms with Gasteiger partial charge in [0.25, 0.3) is 0 Å². The largest absolute Gasteiger partial charge is 0.496 e. The summed E-state index contributed by atoms with van der Waals surface area (Å²) in [6.07, 6.45) is 5.63. The third-order valence-electron chi connectivity index (χ3n) is 7.16.